The predicted octanol–water partition coefficient (Wildman–Crippen LogP) is 1.30. The average Bonchev–Trinajstić information content (AvgIpc) is 2.57. The quantitative estimate of drug-likeness (QED) is 0.596. The van der Waals surface area contributed by atoms with E-state index in [1.807, 2.05) is 25.2 Å². The van der Waals surface area contributed by atoms with Gasteiger partial charge in [0.15, 0.2) is 0 Å². The maximum absolute atomic E-state index is 5.17. The maximum atomic E-state index is 5.17. The smallest absolute Gasteiger partial charge is 0.123 e. The molecule has 3 nitrogen and oxygen atoms in total. The minimum absolute atomic E-state index is 0.573. The van der Waals surface area contributed by atoms with E-state index < -0.39 is 0 Å². The van der Waals surface area contributed by atoms with Crippen molar-refractivity contribution in [3.05, 3.63) is 30.1 Å². The second-order valence-corrected chi connectivity index (χ2v) is 3.38. The van der Waals surface area contributed by atoms with E-state index in [9.17, 15) is 0 Å². The van der Waals surface area contributed by atoms with Crippen LogP contribution in [0, 0.1) is 12.3 Å². The molecule has 76 valence electrons. The van der Waals surface area contributed by atoms with Crippen molar-refractivity contribution in [2.24, 2.45) is 7.05 Å². The molecule has 0 spiro atoms. The molecule has 0 radical (unpaired) electrons. The van der Waals surface area contributed by atoms with Crippen molar-refractivity contribution < 1.29 is 0 Å². The number of aryl methyl sites for hydroxylation is 1. The highest BCUT2D eigenvalue weighted by Gasteiger charge is 2.05. The zero-order chi connectivity index (χ0) is 10.7. The Bertz CT molecular complexity index is 505. The first-order valence-corrected chi connectivity index (χ1v) is 4.87. The SMILES string of the molecule is C#CCNCc1nc2ccccc2n1C. The van der Waals surface area contributed by atoms with Crippen LogP contribution in [-0.4, -0.2) is 16.1 Å². The van der Waals surface area contributed by atoms with Gasteiger partial charge in [0.25, 0.3) is 0 Å². The van der Waals surface area contributed by atoms with E-state index in [-0.39, 0.29) is 0 Å². The zero-order valence-corrected chi connectivity index (χ0v) is 8.70. The van der Waals surface area contributed by atoms with E-state index in [1.165, 1.54) is 0 Å². The molecule has 0 atom stereocenters. The van der Waals surface area contributed by atoms with Gasteiger partial charge < -0.3 is 4.57 Å². The molecule has 3 heteroatoms. The third-order valence-electron chi connectivity index (χ3n) is 2.39. The minimum Gasteiger partial charge on any atom is -0.330 e. The third-order valence-corrected chi connectivity index (χ3v) is 2.39. The number of nitrogens with zero attached hydrogens (tertiary/aromatic N) is 2. The molecule has 0 aliphatic heterocycles. The highest BCUT2D eigenvalue weighted by Crippen LogP contribution is 2.13. The van der Waals surface area contributed by atoms with Gasteiger partial charge in [-0.2, -0.15) is 0 Å². The van der Waals surface area contributed by atoms with Gasteiger partial charge in [0.05, 0.1) is 24.1 Å². The summed E-state index contributed by atoms with van der Waals surface area (Å²) < 4.78 is 2.08. The summed E-state index contributed by atoms with van der Waals surface area (Å²) in [5.41, 5.74) is 2.17. The van der Waals surface area contributed by atoms with Crippen LogP contribution in [0.5, 0.6) is 0 Å². The first-order chi connectivity index (χ1) is 7.33. The van der Waals surface area contributed by atoms with Crippen molar-refractivity contribution in [3.63, 3.8) is 0 Å². The summed E-state index contributed by atoms with van der Waals surface area (Å²) in [6.07, 6.45) is 5.17. The second-order valence-electron chi connectivity index (χ2n) is 3.38. The lowest BCUT2D eigenvalue weighted by Gasteiger charge is -2.01. The number of benzene rings is 1. The lowest BCUT2D eigenvalue weighted by atomic mass is 10.3. The van der Waals surface area contributed by atoms with E-state index in [2.05, 4.69) is 26.9 Å². The van der Waals surface area contributed by atoms with Crippen LogP contribution < -0.4 is 5.32 Å². The molecule has 0 aliphatic rings. The van der Waals surface area contributed by atoms with E-state index in [0.717, 1.165) is 16.9 Å². The summed E-state index contributed by atoms with van der Waals surface area (Å²) in [6, 6.07) is 8.09. The Morgan fingerprint density at radius 1 is 1.47 bits per heavy atom. The summed E-state index contributed by atoms with van der Waals surface area (Å²) in [7, 11) is 2.02. The largest absolute Gasteiger partial charge is 0.330 e. The van der Waals surface area contributed by atoms with Gasteiger partial charge in [0, 0.05) is 7.05 Å². The molecule has 2 aromatic rings. The molecule has 1 N–H and O–H groups in total. The van der Waals surface area contributed by atoms with Crippen molar-refractivity contribution in [3.8, 4) is 12.3 Å². The van der Waals surface area contributed by atoms with Gasteiger partial charge in [-0.1, -0.05) is 18.1 Å². The monoisotopic (exact) mass is 199 g/mol. The van der Waals surface area contributed by atoms with E-state index >= 15 is 0 Å². The molecule has 1 aromatic heterocycles. The summed E-state index contributed by atoms with van der Waals surface area (Å²) in [5.74, 6) is 3.55. The van der Waals surface area contributed by atoms with Crippen molar-refractivity contribution in [2.45, 2.75) is 6.54 Å². The number of imidazole rings is 1. The zero-order valence-electron chi connectivity index (χ0n) is 8.70. The van der Waals surface area contributed by atoms with Crippen LogP contribution in [0.4, 0.5) is 0 Å². The van der Waals surface area contributed by atoms with Gasteiger partial charge in [0.1, 0.15) is 5.82 Å². The highest BCUT2D eigenvalue weighted by molar-refractivity contribution is 5.75. The topological polar surface area (TPSA) is 29.9 Å². The van der Waals surface area contributed by atoms with Gasteiger partial charge in [0.2, 0.25) is 0 Å². The van der Waals surface area contributed by atoms with Crippen LogP contribution in [0.1, 0.15) is 5.82 Å². The van der Waals surface area contributed by atoms with E-state index in [1.54, 1.807) is 0 Å². The Morgan fingerprint density at radius 3 is 3.00 bits per heavy atom. The van der Waals surface area contributed by atoms with E-state index in [0.29, 0.717) is 13.1 Å². The summed E-state index contributed by atoms with van der Waals surface area (Å²) in [4.78, 5) is 4.52. The minimum atomic E-state index is 0.573. The molecule has 0 saturated carbocycles. The molecule has 0 amide bonds. The molecule has 0 bridgehead atoms. The number of rotatable bonds is 3. The summed E-state index contributed by atoms with van der Waals surface area (Å²) in [6.45, 7) is 1.28. The number of nitrogens with one attached hydrogen (secondary N) is 1. The first kappa shape index (κ1) is 9.75. The summed E-state index contributed by atoms with van der Waals surface area (Å²) >= 11 is 0. The average molecular weight is 199 g/mol. The highest BCUT2D eigenvalue weighted by atomic mass is 15.1. The third kappa shape index (κ3) is 1.85. The van der Waals surface area contributed by atoms with Gasteiger partial charge in [-0.3, -0.25) is 5.32 Å². The maximum Gasteiger partial charge on any atom is 0.123 e. The van der Waals surface area contributed by atoms with Crippen molar-refractivity contribution in [1.82, 2.24) is 14.9 Å². The molecule has 2 rings (SSSR count). The van der Waals surface area contributed by atoms with Gasteiger partial charge in [-0.15, -0.1) is 6.42 Å². The van der Waals surface area contributed by atoms with Crippen LogP contribution in [0.15, 0.2) is 24.3 Å². The molecule has 1 heterocycles. The van der Waals surface area contributed by atoms with Gasteiger partial charge in [-0.05, 0) is 12.1 Å². The number of hydrogen-bond donors (Lipinski definition) is 1. The van der Waals surface area contributed by atoms with Gasteiger partial charge >= 0.3 is 0 Å². The Labute approximate surface area is 89.1 Å². The fourth-order valence-corrected chi connectivity index (χ4v) is 1.60. The molecular weight excluding hydrogens is 186 g/mol. The Balaban J connectivity index is 2.29. The fourth-order valence-electron chi connectivity index (χ4n) is 1.60. The molecule has 15 heavy (non-hydrogen) atoms. The fraction of sp³-hybridized carbons (Fsp3) is 0.250. The van der Waals surface area contributed by atoms with Gasteiger partial charge in [-0.25, -0.2) is 4.98 Å². The molecule has 0 fully saturated rings. The first-order valence-electron chi connectivity index (χ1n) is 4.87. The number of para-hydroxylation sites is 2. The van der Waals surface area contributed by atoms with E-state index in [4.69, 9.17) is 6.42 Å². The molecule has 0 aliphatic carbocycles. The van der Waals surface area contributed by atoms with Crippen molar-refractivity contribution in [2.75, 3.05) is 6.54 Å². The molecule has 1 aromatic carbocycles. The van der Waals surface area contributed by atoms with Crippen LogP contribution in [0.25, 0.3) is 11.0 Å². The number of terminal acetylenes is 1. The molecule has 0 unspecified atom stereocenters. The molecular formula is C12H13N3. The second kappa shape index (κ2) is 4.16. The van der Waals surface area contributed by atoms with Crippen LogP contribution in [0.2, 0.25) is 0 Å². The number of aromatic nitrogens is 2. The van der Waals surface area contributed by atoms with Crippen LogP contribution in [-0.2, 0) is 13.6 Å². The lowest BCUT2D eigenvalue weighted by molar-refractivity contribution is 0.693. The molecule has 0 saturated heterocycles. The number of hydrogen-bond acceptors (Lipinski definition) is 2. The Hall–Kier alpha value is -1.79. The lowest BCUT2D eigenvalue weighted by Crippen LogP contribution is -2.16. The van der Waals surface area contributed by atoms with Crippen LogP contribution in [0.3, 0.4) is 0 Å². The standard InChI is InChI=1S/C12H13N3/c1-3-8-13-9-12-14-10-6-4-5-7-11(10)15(12)2/h1,4-7,13H,8-9H2,2H3. The normalized spacial score (nSPS) is 10.4. The van der Waals surface area contributed by atoms with Crippen molar-refractivity contribution >= 4 is 11.0 Å². The Kier molecular flexibility index (Phi) is 2.70. The predicted molar refractivity (Wildman–Crippen MR) is 61.3 cm³/mol. The van der Waals surface area contributed by atoms with Crippen LogP contribution >= 0.6 is 0 Å². The van der Waals surface area contributed by atoms with Crippen molar-refractivity contribution in [1.29, 1.82) is 0 Å². The summed E-state index contributed by atoms with van der Waals surface area (Å²) in [5, 5.41) is 3.13. The number of fused-ring (bicyclic) bond motifs is 1. The Morgan fingerprint density at radius 2 is 2.27 bits per heavy atom.